The van der Waals surface area contributed by atoms with E-state index in [4.69, 9.17) is 0 Å². The van der Waals surface area contributed by atoms with Crippen LogP contribution in [0.3, 0.4) is 0 Å². The van der Waals surface area contributed by atoms with E-state index in [1.54, 1.807) is 0 Å². The number of aliphatic hydroxyl groups excluding tert-OH is 1. The second-order valence-electron chi connectivity index (χ2n) is 5.60. The fourth-order valence-corrected chi connectivity index (χ4v) is 2.81. The number of carbonyl (C=O) groups is 1. The average Bonchev–Trinajstić information content (AvgIpc) is 2.94. The number of halogens is 2. The summed E-state index contributed by atoms with van der Waals surface area (Å²) in [5.41, 5.74) is -0.138. The van der Waals surface area contributed by atoms with Gasteiger partial charge in [0.1, 0.15) is 11.6 Å². The van der Waals surface area contributed by atoms with Gasteiger partial charge in [0.25, 0.3) is 5.91 Å². The van der Waals surface area contributed by atoms with E-state index >= 15 is 0 Å². The Morgan fingerprint density at radius 2 is 2.18 bits per heavy atom. The molecule has 0 radical (unpaired) electrons. The Labute approximate surface area is 129 Å². The lowest BCUT2D eigenvalue weighted by atomic mass is 10.2. The lowest BCUT2D eigenvalue weighted by Gasteiger charge is -2.22. The number of rotatable bonds is 7. The first-order valence-electron chi connectivity index (χ1n) is 7.70. The quantitative estimate of drug-likeness (QED) is 0.757. The van der Waals surface area contributed by atoms with Crippen molar-refractivity contribution < 1.29 is 18.7 Å². The summed E-state index contributed by atoms with van der Waals surface area (Å²) in [7, 11) is 0. The molecule has 0 aliphatic carbocycles. The highest BCUT2D eigenvalue weighted by atomic mass is 19.1. The van der Waals surface area contributed by atoms with E-state index < -0.39 is 17.5 Å². The third-order valence-corrected chi connectivity index (χ3v) is 4.04. The molecule has 22 heavy (non-hydrogen) atoms. The normalized spacial score (nSPS) is 18.6. The summed E-state index contributed by atoms with van der Waals surface area (Å²) in [6.07, 6.45) is 3.84. The molecular formula is C16H22F2N2O2. The van der Waals surface area contributed by atoms with E-state index in [0.29, 0.717) is 12.6 Å². The van der Waals surface area contributed by atoms with Crippen LogP contribution in [-0.2, 0) is 0 Å². The van der Waals surface area contributed by atoms with E-state index in [1.165, 1.54) is 0 Å². The van der Waals surface area contributed by atoms with Crippen molar-refractivity contribution in [3.63, 3.8) is 0 Å². The predicted octanol–water partition coefficient (Wildman–Crippen LogP) is 1.93. The monoisotopic (exact) mass is 312 g/mol. The smallest absolute Gasteiger partial charge is 0.254 e. The summed E-state index contributed by atoms with van der Waals surface area (Å²) in [4.78, 5) is 14.0. The van der Waals surface area contributed by atoms with Gasteiger partial charge in [0.05, 0.1) is 12.2 Å². The number of hydrogen-bond donors (Lipinski definition) is 2. The second-order valence-corrected chi connectivity index (χ2v) is 5.60. The zero-order valence-electron chi connectivity index (χ0n) is 12.5. The SMILES string of the molecule is O=C(NCCCCN1CCCC1CO)c1ccc(F)cc1F. The zero-order chi connectivity index (χ0) is 15.9. The van der Waals surface area contributed by atoms with Crippen molar-refractivity contribution in [1.29, 1.82) is 0 Å². The van der Waals surface area contributed by atoms with E-state index in [2.05, 4.69) is 10.2 Å². The third-order valence-electron chi connectivity index (χ3n) is 4.04. The van der Waals surface area contributed by atoms with Gasteiger partial charge in [-0.15, -0.1) is 0 Å². The van der Waals surface area contributed by atoms with E-state index in [9.17, 15) is 18.7 Å². The van der Waals surface area contributed by atoms with Crippen LogP contribution in [0.2, 0.25) is 0 Å². The molecule has 1 aliphatic rings. The van der Waals surface area contributed by atoms with E-state index in [1.807, 2.05) is 0 Å². The van der Waals surface area contributed by atoms with Crippen molar-refractivity contribution >= 4 is 5.91 Å². The molecule has 1 aromatic rings. The maximum Gasteiger partial charge on any atom is 0.254 e. The lowest BCUT2D eigenvalue weighted by Crippen LogP contribution is -2.33. The molecule has 4 nitrogen and oxygen atoms in total. The second kappa shape index (κ2) is 8.19. The molecular weight excluding hydrogens is 290 g/mol. The molecule has 1 unspecified atom stereocenters. The molecule has 1 saturated heterocycles. The molecule has 1 heterocycles. The van der Waals surface area contributed by atoms with Crippen LogP contribution in [0.15, 0.2) is 18.2 Å². The molecule has 1 amide bonds. The van der Waals surface area contributed by atoms with Gasteiger partial charge in [-0.25, -0.2) is 8.78 Å². The number of hydrogen-bond acceptors (Lipinski definition) is 3. The highest BCUT2D eigenvalue weighted by Gasteiger charge is 2.22. The molecule has 1 atom stereocenters. The van der Waals surface area contributed by atoms with E-state index in [-0.39, 0.29) is 18.2 Å². The molecule has 1 fully saturated rings. The van der Waals surface area contributed by atoms with Crippen molar-refractivity contribution in [3.8, 4) is 0 Å². The first kappa shape index (κ1) is 16.8. The summed E-state index contributed by atoms with van der Waals surface area (Å²) in [5, 5.41) is 11.9. The van der Waals surface area contributed by atoms with Crippen molar-refractivity contribution in [2.24, 2.45) is 0 Å². The van der Waals surface area contributed by atoms with Crippen LogP contribution in [0.4, 0.5) is 8.78 Å². The number of unbranched alkanes of at least 4 members (excludes halogenated alkanes) is 1. The van der Waals surface area contributed by atoms with Gasteiger partial charge in [0, 0.05) is 18.7 Å². The Morgan fingerprint density at radius 1 is 1.36 bits per heavy atom. The molecule has 1 aliphatic heterocycles. The van der Waals surface area contributed by atoms with Crippen LogP contribution in [0, 0.1) is 11.6 Å². The van der Waals surface area contributed by atoms with Gasteiger partial charge >= 0.3 is 0 Å². The van der Waals surface area contributed by atoms with Crippen molar-refractivity contribution in [3.05, 3.63) is 35.4 Å². The molecule has 0 saturated carbocycles. The topological polar surface area (TPSA) is 52.6 Å². The maximum absolute atomic E-state index is 13.4. The Hall–Kier alpha value is -1.53. The number of nitrogens with zero attached hydrogens (tertiary/aromatic N) is 1. The van der Waals surface area contributed by atoms with Crippen LogP contribution in [-0.4, -0.2) is 48.2 Å². The molecule has 122 valence electrons. The molecule has 2 N–H and O–H groups in total. The third kappa shape index (κ3) is 4.48. The minimum Gasteiger partial charge on any atom is -0.395 e. The Balaban J connectivity index is 1.67. The van der Waals surface area contributed by atoms with E-state index in [0.717, 1.165) is 50.9 Å². The number of aliphatic hydroxyl groups is 1. The molecule has 6 heteroatoms. The minimum atomic E-state index is -0.847. The fourth-order valence-electron chi connectivity index (χ4n) is 2.81. The van der Waals surface area contributed by atoms with Gasteiger partial charge in [-0.1, -0.05) is 0 Å². The minimum absolute atomic E-state index is 0.138. The number of amides is 1. The number of nitrogens with one attached hydrogen (secondary N) is 1. The van der Waals surface area contributed by atoms with Crippen LogP contribution in [0.25, 0.3) is 0 Å². The standard InChI is InChI=1S/C16H22F2N2O2/c17-12-5-6-14(15(18)10-12)16(22)19-7-1-2-8-20-9-3-4-13(20)11-21/h5-6,10,13,21H,1-4,7-9,11H2,(H,19,22). The highest BCUT2D eigenvalue weighted by Crippen LogP contribution is 2.16. The number of carbonyl (C=O) groups excluding carboxylic acids is 1. The van der Waals surface area contributed by atoms with Crippen molar-refractivity contribution in [2.45, 2.75) is 31.7 Å². The molecule has 1 aromatic carbocycles. The van der Waals surface area contributed by atoms with Gasteiger partial charge in [-0.2, -0.15) is 0 Å². The molecule has 0 aromatic heterocycles. The van der Waals surface area contributed by atoms with Crippen LogP contribution in [0.1, 0.15) is 36.0 Å². The average molecular weight is 312 g/mol. The molecule has 0 spiro atoms. The number of likely N-dealkylation sites (tertiary alicyclic amines) is 1. The van der Waals surface area contributed by atoms with Gasteiger partial charge in [0.15, 0.2) is 0 Å². The highest BCUT2D eigenvalue weighted by molar-refractivity contribution is 5.94. The van der Waals surface area contributed by atoms with Gasteiger partial charge in [-0.3, -0.25) is 9.69 Å². The summed E-state index contributed by atoms with van der Waals surface area (Å²) >= 11 is 0. The zero-order valence-corrected chi connectivity index (χ0v) is 12.5. The van der Waals surface area contributed by atoms with Crippen molar-refractivity contribution in [2.75, 3.05) is 26.2 Å². The summed E-state index contributed by atoms with van der Waals surface area (Å²) in [6, 6.07) is 3.19. The fraction of sp³-hybridized carbons (Fsp3) is 0.562. The molecule has 2 rings (SSSR count). The maximum atomic E-state index is 13.4. The summed E-state index contributed by atoms with van der Waals surface area (Å²) < 4.78 is 26.2. The Morgan fingerprint density at radius 3 is 2.91 bits per heavy atom. The molecule has 0 bridgehead atoms. The number of benzene rings is 1. The van der Waals surface area contributed by atoms with Crippen molar-refractivity contribution in [1.82, 2.24) is 10.2 Å². The largest absolute Gasteiger partial charge is 0.395 e. The summed E-state index contributed by atoms with van der Waals surface area (Å²) in [5.74, 6) is -2.06. The summed E-state index contributed by atoms with van der Waals surface area (Å²) in [6.45, 7) is 2.55. The van der Waals surface area contributed by atoms with Gasteiger partial charge in [-0.05, 0) is 50.9 Å². The van der Waals surface area contributed by atoms with Gasteiger partial charge < -0.3 is 10.4 Å². The van der Waals surface area contributed by atoms with Crippen LogP contribution >= 0.6 is 0 Å². The first-order chi connectivity index (χ1) is 10.6. The lowest BCUT2D eigenvalue weighted by molar-refractivity contribution is 0.0948. The first-order valence-corrected chi connectivity index (χ1v) is 7.70. The van der Waals surface area contributed by atoms with Gasteiger partial charge in [0.2, 0.25) is 0 Å². The Kier molecular flexibility index (Phi) is 6.27. The van der Waals surface area contributed by atoms with Crippen LogP contribution in [0.5, 0.6) is 0 Å². The van der Waals surface area contributed by atoms with Crippen LogP contribution < -0.4 is 5.32 Å². The predicted molar refractivity (Wildman–Crippen MR) is 79.6 cm³/mol. The Bertz CT molecular complexity index is 511.